The van der Waals surface area contributed by atoms with E-state index in [4.69, 9.17) is 52.8 Å². The summed E-state index contributed by atoms with van der Waals surface area (Å²) < 4.78 is 47.3. The minimum Gasteiger partial charge on any atom is -0.449 e. The van der Waals surface area contributed by atoms with Crippen LogP contribution in [0.15, 0.2) is 0 Å². The molecule has 0 atom stereocenters. The van der Waals surface area contributed by atoms with Crippen molar-refractivity contribution < 1.29 is 57.6 Å². The van der Waals surface area contributed by atoms with E-state index in [0.29, 0.717) is 99.1 Å². The van der Waals surface area contributed by atoms with Crippen molar-refractivity contribution in [1.29, 1.82) is 0 Å². The number of hydrogen-bond acceptors (Lipinski definition) is 12. The number of carbonyl (C=O) groups is 1. The fraction of sp³-hybridized carbons (Fsp3) is 0.955. The SMILES string of the molecule is COCCOCCOCCOCCOCCOCCOCCOCCNC(=O)OCC(CO)CO. The van der Waals surface area contributed by atoms with Crippen molar-refractivity contribution in [2.45, 2.75) is 0 Å². The van der Waals surface area contributed by atoms with Gasteiger partial charge in [0.25, 0.3) is 0 Å². The molecular weight excluding hydrogens is 470 g/mol. The number of rotatable bonds is 28. The first-order chi connectivity index (χ1) is 17.2. The predicted molar refractivity (Wildman–Crippen MR) is 125 cm³/mol. The lowest BCUT2D eigenvalue weighted by Gasteiger charge is -2.12. The summed E-state index contributed by atoms with van der Waals surface area (Å²) in [6, 6.07) is 0. The summed E-state index contributed by atoms with van der Waals surface area (Å²) in [5, 5.41) is 20.3. The van der Waals surface area contributed by atoms with Gasteiger partial charge >= 0.3 is 6.09 Å². The van der Waals surface area contributed by atoms with Gasteiger partial charge in [-0.25, -0.2) is 4.79 Å². The Balaban J connectivity index is 3.13. The number of ether oxygens (including phenoxy) is 9. The Labute approximate surface area is 208 Å². The number of aliphatic hydroxyl groups is 2. The second kappa shape index (κ2) is 29.1. The zero-order valence-electron chi connectivity index (χ0n) is 21.0. The fourth-order valence-corrected chi connectivity index (χ4v) is 2.20. The lowest BCUT2D eigenvalue weighted by molar-refractivity contribution is -0.0220. The number of aliphatic hydroxyl groups excluding tert-OH is 2. The van der Waals surface area contributed by atoms with Gasteiger partial charge in [-0.05, 0) is 0 Å². The maximum Gasteiger partial charge on any atom is 0.407 e. The topological polar surface area (TPSA) is 153 Å². The van der Waals surface area contributed by atoms with E-state index in [2.05, 4.69) is 5.32 Å². The van der Waals surface area contributed by atoms with Crippen molar-refractivity contribution in [3.05, 3.63) is 0 Å². The smallest absolute Gasteiger partial charge is 0.407 e. The van der Waals surface area contributed by atoms with Crippen molar-refractivity contribution in [3.8, 4) is 0 Å². The molecule has 0 radical (unpaired) electrons. The zero-order valence-corrected chi connectivity index (χ0v) is 21.0. The second-order valence-corrected chi connectivity index (χ2v) is 7.04. The Morgan fingerprint density at radius 1 is 0.600 bits per heavy atom. The molecule has 0 bridgehead atoms. The number of carbonyl (C=O) groups excluding carboxylic acids is 1. The van der Waals surface area contributed by atoms with Crippen molar-refractivity contribution in [2.75, 3.05) is 133 Å². The summed E-state index contributed by atoms with van der Waals surface area (Å²) in [5.41, 5.74) is 0. The van der Waals surface area contributed by atoms with Crippen LogP contribution in [0.1, 0.15) is 0 Å². The molecule has 0 aromatic carbocycles. The summed E-state index contributed by atoms with van der Waals surface area (Å²) in [4.78, 5) is 11.4. The Hall–Kier alpha value is -1.13. The third kappa shape index (κ3) is 27.3. The van der Waals surface area contributed by atoms with Crippen LogP contribution in [-0.4, -0.2) is 149 Å². The van der Waals surface area contributed by atoms with Crippen LogP contribution in [0.2, 0.25) is 0 Å². The van der Waals surface area contributed by atoms with Gasteiger partial charge in [0, 0.05) is 19.6 Å². The monoisotopic (exact) mass is 515 g/mol. The highest BCUT2D eigenvalue weighted by Crippen LogP contribution is 1.94. The molecule has 0 saturated carbocycles. The van der Waals surface area contributed by atoms with Crippen LogP contribution in [0.3, 0.4) is 0 Å². The molecule has 0 saturated heterocycles. The molecule has 0 rings (SSSR count). The standard InChI is InChI=1S/C22H45NO12/c1-27-4-5-29-8-9-31-12-13-33-16-17-34-15-14-32-11-10-30-7-6-28-3-2-23-22(26)35-20-21(18-24)19-25/h21,24-25H,2-20H2,1H3,(H,23,26). The summed E-state index contributed by atoms with van der Waals surface area (Å²) in [7, 11) is 1.64. The Kier molecular flexibility index (Phi) is 28.2. The van der Waals surface area contributed by atoms with Gasteiger partial charge in [-0.2, -0.15) is 0 Å². The highest BCUT2D eigenvalue weighted by Gasteiger charge is 2.09. The molecule has 0 unspecified atom stereocenters. The van der Waals surface area contributed by atoms with E-state index in [1.807, 2.05) is 0 Å². The van der Waals surface area contributed by atoms with Gasteiger partial charge in [0.05, 0.1) is 112 Å². The van der Waals surface area contributed by atoms with Gasteiger partial charge in [-0.15, -0.1) is 0 Å². The second-order valence-electron chi connectivity index (χ2n) is 7.04. The van der Waals surface area contributed by atoms with Crippen LogP contribution in [-0.2, 0) is 42.6 Å². The molecule has 1 amide bonds. The lowest BCUT2D eigenvalue weighted by atomic mass is 10.2. The van der Waals surface area contributed by atoms with E-state index in [-0.39, 0.29) is 26.4 Å². The molecule has 13 heteroatoms. The maximum absolute atomic E-state index is 11.4. The lowest BCUT2D eigenvalue weighted by Crippen LogP contribution is -2.31. The number of hydrogen-bond donors (Lipinski definition) is 3. The van der Waals surface area contributed by atoms with Crippen molar-refractivity contribution >= 4 is 6.09 Å². The Bertz CT molecular complexity index is 429. The molecule has 3 N–H and O–H groups in total. The quantitative estimate of drug-likeness (QED) is 0.110. The minimum atomic E-state index is -0.619. The van der Waals surface area contributed by atoms with Gasteiger partial charge in [-0.3, -0.25) is 0 Å². The molecule has 0 heterocycles. The number of alkyl carbamates (subject to hydrolysis) is 1. The predicted octanol–water partition coefficient (Wildman–Crippen LogP) is -0.924. The van der Waals surface area contributed by atoms with Gasteiger partial charge < -0.3 is 58.2 Å². The summed E-state index contributed by atoms with van der Waals surface area (Å²) in [5.74, 6) is -0.468. The molecular formula is C22H45NO12. The van der Waals surface area contributed by atoms with Gasteiger partial charge in [-0.1, -0.05) is 0 Å². The zero-order chi connectivity index (χ0) is 25.7. The molecule has 0 aliphatic rings. The fourth-order valence-electron chi connectivity index (χ4n) is 2.20. The average Bonchev–Trinajstić information content (AvgIpc) is 2.87. The Morgan fingerprint density at radius 2 is 0.943 bits per heavy atom. The number of amides is 1. The largest absolute Gasteiger partial charge is 0.449 e. The van der Waals surface area contributed by atoms with E-state index in [9.17, 15) is 4.79 Å². The van der Waals surface area contributed by atoms with E-state index < -0.39 is 12.0 Å². The van der Waals surface area contributed by atoms with Gasteiger partial charge in [0.2, 0.25) is 0 Å². The van der Waals surface area contributed by atoms with Crippen LogP contribution in [0.5, 0.6) is 0 Å². The van der Waals surface area contributed by atoms with Gasteiger partial charge in [0.15, 0.2) is 0 Å². The summed E-state index contributed by atoms with van der Waals surface area (Å²) in [6.07, 6.45) is -0.619. The Morgan fingerprint density at radius 3 is 1.29 bits per heavy atom. The number of nitrogens with one attached hydrogen (secondary N) is 1. The third-order valence-electron chi connectivity index (χ3n) is 4.15. The normalized spacial score (nSPS) is 11.3. The van der Waals surface area contributed by atoms with Gasteiger partial charge in [0.1, 0.15) is 6.61 Å². The molecule has 35 heavy (non-hydrogen) atoms. The van der Waals surface area contributed by atoms with E-state index in [0.717, 1.165) is 0 Å². The maximum atomic E-state index is 11.4. The summed E-state index contributed by atoms with van der Waals surface area (Å²) >= 11 is 0. The first kappa shape index (κ1) is 33.9. The van der Waals surface area contributed by atoms with E-state index in [1.165, 1.54) is 0 Å². The molecule has 0 aromatic rings. The first-order valence-corrected chi connectivity index (χ1v) is 11.9. The molecule has 0 spiro atoms. The van der Waals surface area contributed by atoms with Crippen molar-refractivity contribution in [1.82, 2.24) is 5.32 Å². The molecule has 0 aliphatic carbocycles. The van der Waals surface area contributed by atoms with Crippen LogP contribution >= 0.6 is 0 Å². The van der Waals surface area contributed by atoms with E-state index >= 15 is 0 Å². The molecule has 13 nitrogen and oxygen atoms in total. The molecule has 0 fully saturated rings. The molecule has 210 valence electrons. The highest BCUT2D eigenvalue weighted by atomic mass is 16.6. The molecule has 0 aliphatic heterocycles. The third-order valence-corrected chi connectivity index (χ3v) is 4.15. The van der Waals surface area contributed by atoms with Crippen LogP contribution in [0.4, 0.5) is 4.79 Å². The van der Waals surface area contributed by atoms with Crippen LogP contribution < -0.4 is 5.32 Å². The minimum absolute atomic E-state index is 0.0421. The van der Waals surface area contributed by atoms with Crippen LogP contribution in [0, 0.1) is 5.92 Å². The highest BCUT2D eigenvalue weighted by molar-refractivity contribution is 5.67. The summed E-state index contributed by atoms with van der Waals surface area (Å²) in [6.45, 7) is 7.02. The van der Waals surface area contributed by atoms with Crippen molar-refractivity contribution in [3.63, 3.8) is 0 Å². The number of methoxy groups -OCH3 is 1. The average molecular weight is 516 g/mol. The first-order valence-electron chi connectivity index (χ1n) is 11.9. The van der Waals surface area contributed by atoms with Crippen molar-refractivity contribution in [2.24, 2.45) is 5.92 Å². The molecule has 0 aromatic heterocycles. The van der Waals surface area contributed by atoms with E-state index in [1.54, 1.807) is 7.11 Å². The van der Waals surface area contributed by atoms with Crippen LogP contribution in [0.25, 0.3) is 0 Å².